The minimum Gasteiger partial charge on any atom is -0.508 e. The van der Waals surface area contributed by atoms with Gasteiger partial charge in [-0.15, -0.1) is 11.8 Å². The zero-order valence-electron chi connectivity index (χ0n) is 16.5. The van der Waals surface area contributed by atoms with Gasteiger partial charge in [0.2, 0.25) is 5.95 Å². The number of aromatic hydroxyl groups is 1. The summed E-state index contributed by atoms with van der Waals surface area (Å²) < 4.78 is 5.43. The largest absolute Gasteiger partial charge is 0.508 e. The molecule has 8 heteroatoms. The minimum absolute atomic E-state index is 0.220. The lowest BCUT2D eigenvalue weighted by atomic mass is 10.2. The molecular weight excluding hydrogens is 398 g/mol. The summed E-state index contributed by atoms with van der Waals surface area (Å²) in [7, 11) is 0. The van der Waals surface area contributed by atoms with Crippen LogP contribution >= 0.6 is 11.8 Å². The second-order valence-electron chi connectivity index (χ2n) is 7.22. The van der Waals surface area contributed by atoms with Gasteiger partial charge in [0.15, 0.2) is 0 Å². The fourth-order valence-corrected chi connectivity index (χ4v) is 4.68. The summed E-state index contributed by atoms with van der Waals surface area (Å²) in [5.41, 5.74) is 3.98. The van der Waals surface area contributed by atoms with Gasteiger partial charge < -0.3 is 25.4 Å². The van der Waals surface area contributed by atoms with E-state index in [0.29, 0.717) is 5.95 Å². The molecule has 0 spiro atoms. The Hall–Kier alpha value is -2.97. The van der Waals surface area contributed by atoms with Gasteiger partial charge >= 0.3 is 0 Å². The van der Waals surface area contributed by atoms with E-state index in [-0.39, 0.29) is 5.75 Å². The third kappa shape index (κ3) is 4.15. The molecular formula is C22H23N5O2S. The fraction of sp³-hybridized carbons (Fsp3) is 0.273. The van der Waals surface area contributed by atoms with E-state index in [0.717, 1.165) is 66.3 Å². The van der Waals surface area contributed by atoms with Crippen LogP contribution in [-0.2, 0) is 11.2 Å². The van der Waals surface area contributed by atoms with Crippen molar-refractivity contribution in [1.29, 1.82) is 0 Å². The van der Waals surface area contributed by atoms with Gasteiger partial charge in [0.25, 0.3) is 0 Å². The predicted molar refractivity (Wildman–Crippen MR) is 121 cm³/mol. The number of nitrogens with zero attached hydrogens (tertiary/aromatic N) is 3. The van der Waals surface area contributed by atoms with Crippen molar-refractivity contribution in [2.45, 2.75) is 11.3 Å². The Morgan fingerprint density at radius 2 is 1.80 bits per heavy atom. The number of nitrogens with one attached hydrogen (secondary N) is 2. The summed E-state index contributed by atoms with van der Waals surface area (Å²) in [6, 6.07) is 15.4. The van der Waals surface area contributed by atoms with E-state index < -0.39 is 0 Å². The summed E-state index contributed by atoms with van der Waals surface area (Å²) in [5.74, 6) is 2.55. The topological polar surface area (TPSA) is 82.5 Å². The van der Waals surface area contributed by atoms with Crippen LogP contribution in [0.4, 0.5) is 28.8 Å². The monoisotopic (exact) mass is 421 g/mol. The van der Waals surface area contributed by atoms with Gasteiger partial charge in [0.05, 0.1) is 23.8 Å². The fourth-order valence-electron chi connectivity index (χ4n) is 3.64. The van der Waals surface area contributed by atoms with Crippen LogP contribution in [0.15, 0.2) is 53.4 Å². The average molecular weight is 422 g/mol. The molecule has 0 unspecified atom stereocenters. The molecule has 2 aliphatic heterocycles. The van der Waals surface area contributed by atoms with Crippen molar-refractivity contribution in [1.82, 2.24) is 9.97 Å². The van der Waals surface area contributed by atoms with Crippen LogP contribution < -0.4 is 15.5 Å². The molecule has 1 aromatic heterocycles. The zero-order valence-corrected chi connectivity index (χ0v) is 17.3. The van der Waals surface area contributed by atoms with Gasteiger partial charge in [-0.05, 0) is 36.4 Å². The molecule has 3 heterocycles. The Morgan fingerprint density at radius 1 is 0.967 bits per heavy atom. The molecule has 3 N–H and O–H groups in total. The normalized spacial score (nSPS) is 15.7. The number of phenols is 1. The molecule has 30 heavy (non-hydrogen) atoms. The molecule has 2 aromatic carbocycles. The molecule has 154 valence electrons. The van der Waals surface area contributed by atoms with Crippen molar-refractivity contribution in [3.63, 3.8) is 0 Å². The van der Waals surface area contributed by atoms with E-state index in [1.165, 1.54) is 5.69 Å². The van der Waals surface area contributed by atoms with Crippen LogP contribution in [0.3, 0.4) is 0 Å². The highest BCUT2D eigenvalue weighted by Crippen LogP contribution is 2.38. The Kier molecular flexibility index (Phi) is 5.33. The highest BCUT2D eigenvalue weighted by molar-refractivity contribution is 7.99. The van der Waals surface area contributed by atoms with Crippen LogP contribution in [0.1, 0.15) is 5.69 Å². The van der Waals surface area contributed by atoms with Gasteiger partial charge in [0, 0.05) is 48.4 Å². The summed E-state index contributed by atoms with van der Waals surface area (Å²) in [5, 5.41) is 16.4. The number of hydrogen-bond acceptors (Lipinski definition) is 8. The molecule has 0 aliphatic carbocycles. The summed E-state index contributed by atoms with van der Waals surface area (Å²) in [6.45, 7) is 3.39. The van der Waals surface area contributed by atoms with Crippen molar-refractivity contribution in [2.24, 2.45) is 0 Å². The lowest BCUT2D eigenvalue weighted by molar-refractivity contribution is 0.122. The highest BCUT2D eigenvalue weighted by atomic mass is 32.2. The molecule has 5 rings (SSSR count). The van der Waals surface area contributed by atoms with E-state index >= 15 is 0 Å². The first-order valence-electron chi connectivity index (χ1n) is 10.0. The molecule has 0 atom stereocenters. The van der Waals surface area contributed by atoms with Crippen molar-refractivity contribution >= 4 is 40.6 Å². The van der Waals surface area contributed by atoms with E-state index in [1.807, 2.05) is 6.07 Å². The first-order valence-corrected chi connectivity index (χ1v) is 11.0. The van der Waals surface area contributed by atoms with Crippen LogP contribution in [0.5, 0.6) is 5.75 Å². The Morgan fingerprint density at radius 3 is 2.60 bits per heavy atom. The van der Waals surface area contributed by atoms with E-state index in [4.69, 9.17) is 14.7 Å². The van der Waals surface area contributed by atoms with Crippen LogP contribution in [-0.4, -0.2) is 47.1 Å². The third-order valence-corrected chi connectivity index (χ3v) is 6.26. The maximum absolute atomic E-state index is 9.75. The average Bonchev–Trinajstić information content (AvgIpc) is 3.24. The standard InChI is InChI=1S/C22H23N5O2S/c28-18-3-1-2-16(14-18)23-21-20-19(8-13-30-20)25-22(26-21)24-15-4-6-17(7-5-15)27-9-11-29-12-10-27/h1-7,14,28H,8-13H2,(H2,23,24,25,26). The maximum atomic E-state index is 9.75. The first kappa shape index (κ1) is 19.0. The highest BCUT2D eigenvalue weighted by Gasteiger charge is 2.21. The smallest absolute Gasteiger partial charge is 0.229 e. The van der Waals surface area contributed by atoms with Gasteiger partial charge in [-0.1, -0.05) is 6.07 Å². The number of anilines is 5. The van der Waals surface area contributed by atoms with Crippen LogP contribution in [0.25, 0.3) is 0 Å². The lowest BCUT2D eigenvalue weighted by Crippen LogP contribution is -2.36. The van der Waals surface area contributed by atoms with Crippen molar-refractivity contribution in [3.05, 3.63) is 54.2 Å². The summed E-state index contributed by atoms with van der Waals surface area (Å²) in [6.07, 6.45) is 0.919. The molecule has 0 bridgehead atoms. The number of morpholine rings is 1. The molecule has 3 aromatic rings. The number of hydrogen-bond donors (Lipinski definition) is 3. The number of aryl methyl sites for hydroxylation is 1. The number of phenolic OH excluding ortho intramolecular Hbond substituents is 1. The second-order valence-corrected chi connectivity index (χ2v) is 8.32. The van der Waals surface area contributed by atoms with E-state index in [2.05, 4.69) is 39.8 Å². The first-order chi connectivity index (χ1) is 14.7. The van der Waals surface area contributed by atoms with Crippen molar-refractivity contribution < 1.29 is 9.84 Å². The number of thioether (sulfide) groups is 1. The number of benzene rings is 2. The SMILES string of the molecule is Oc1cccc(Nc2nc(Nc3ccc(N4CCOCC4)cc3)nc3c2SCC3)c1. The molecule has 1 fully saturated rings. The second kappa shape index (κ2) is 8.41. The summed E-state index contributed by atoms with van der Waals surface area (Å²) in [4.78, 5) is 12.8. The Balaban J connectivity index is 1.37. The van der Waals surface area contributed by atoms with Gasteiger partial charge in [-0.3, -0.25) is 0 Å². The van der Waals surface area contributed by atoms with Gasteiger partial charge in [-0.25, -0.2) is 4.98 Å². The number of aromatic nitrogens is 2. The van der Waals surface area contributed by atoms with Crippen LogP contribution in [0.2, 0.25) is 0 Å². The minimum atomic E-state index is 0.220. The quantitative estimate of drug-likeness (QED) is 0.567. The molecule has 2 aliphatic rings. The van der Waals surface area contributed by atoms with E-state index in [1.54, 1.807) is 30.0 Å². The van der Waals surface area contributed by atoms with Gasteiger partial charge in [-0.2, -0.15) is 4.98 Å². The molecule has 0 amide bonds. The van der Waals surface area contributed by atoms with Crippen molar-refractivity contribution in [2.75, 3.05) is 47.6 Å². The Bertz CT molecular complexity index is 1040. The Labute approximate surface area is 179 Å². The number of rotatable bonds is 5. The predicted octanol–water partition coefficient (Wildman–Crippen LogP) is 4.15. The molecule has 0 saturated carbocycles. The number of ether oxygens (including phenoxy) is 1. The van der Waals surface area contributed by atoms with Crippen LogP contribution in [0, 0.1) is 0 Å². The molecule has 7 nitrogen and oxygen atoms in total. The molecule has 1 saturated heterocycles. The van der Waals surface area contributed by atoms with Gasteiger partial charge in [0.1, 0.15) is 11.6 Å². The van der Waals surface area contributed by atoms with Crippen molar-refractivity contribution in [3.8, 4) is 5.75 Å². The third-order valence-electron chi connectivity index (χ3n) is 5.13. The molecule has 0 radical (unpaired) electrons. The lowest BCUT2D eigenvalue weighted by Gasteiger charge is -2.28. The summed E-state index contributed by atoms with van der Waals surface area (Å²) >= 11 is 1.76. The van der Waals surface area contributed by atoms with E-state index in [9.17, 15) is 5.11 Å². The zero-order chi connectivity index (χ0) is 20.3. The number of fused-ring (bicyclic) bond motifs is 1. The maximum Gasteiger partial charge on any atom is 0.229 e.